The van der Waals surface area contributed by atoms with Crippen LogP contribution in [0.25, 0.3) is 0 Å². The van der Waals surface area contributed by atoms with Gasteiger partial charge in [-0.15, -0.1) is 0 Å². The average molecular weight is 343 g/mol. The van der Waals surface area contributed by atoms with Crippen molar-refractivity contribution in [2.24, 2.45) is 0 Å². The fourth-order valence-corrected chi connectivity index (χ4v) is 3.39. The van der Waals surface area contributed by atoms with Crippen molar-refractivity contribution < 1.29 is 9.18 Å². The van der Waals surface area contributed by atoms with Crippen molar-refractivity contribution >= 4 is 27.5 Å². The van der Waals surface area contributed by atoms with Gasteiger partial charge in [0.25, 0.3) is 0 Å². The van der Waals surface area contributed by atoms with Gasteiger partial charge in [-0.1, -0.05) is 0 Å². The second-order valence-electron chi connectivity index (χ2n) is 5.51. The molecule has 0 aromatic heterocycles. The lowest BCUT2D eigenvalue weighted by atomic mass is 10.2. The van der Waals surface area contributed by atoms with Crippen LogP contribution in [-0.4, -0.2) is 28.9 Å². The highest BCUT2D eigenvalue weighted by atomic mass is 79.9. The van der Waals surface area contributed by atoms with Crippen molar-refractivity contribution in [3.63, 3.8) is 0 Å². The van der Waals surface area contributed by atoms with Gasteiger partial charge in [-0.25, -0.2) is 4.39 Å². The Morgan fingerprint density at radius 3 is 2.55 bits per heavy atom. The van der Waals surface area contributed by atoms with Gasteiger partial charge in [-0.3, -0.25) is 9.69 Å². The molecule has 1 aromatic carbocycles. The highest BCUT2D eigenvalue weighted by Gasteiger charge is 2.34. The van der Waals surface area contributed by atoms with Crippen molar-refractivity contribution in [1.82, 2.24) is 4.90 Å². The van der Waals surface area contributed by atoms with Crippen LogP contribution < -0.4 is 5.32 Å². The van der Waals surface area contributed by atoms with Crippen LogP contribution in [0.1, 0.15) is 33.6 Å². The van der Waals surface area contributed by atoms with Crippen LogP contribution in [-0.2, 0) is 4.79 Å². The maximum absolute atomic E-state index is 13.0. The highest BCUT2D eigenvalue weighted by Crippen LogP contribution is 2.27. The van der Waals surface area contributed by atoms with Crippen LogP contribution >= 0.6 is 15.9 Å². The lowest BCUT2D eigenvalue weighted by molar-refractivity contribution is -0.121. The first-order chi connectivity index (χ1) is 9.40. The number of amides is 1. The van der Waals surface area contributed by atoms with E-state index in [1.807, 2.05) is 6.92 Å². The molecular weight excluding hydrogens is 323 g/mol. The molecule has 3 nitrogen and oxygen atoms in total. The Kier molecular flexibility index (Phi) is 4.81. The molecule has 110 valence electrons. The minimum atomic E-state index is -0.329. The number of hydrogen-bond acceptors (Lipinski definition) is 2. The monoisotopic (exact) mass is 342 g/mol. The van der Waals surface area contributed by atoms with Crippen molar-refractivity contribution in [3.05, 3.63) is 28.5 Å². The summed E-state index contributed by atoms with van der Waals surface area (Å²) in [5, 5.41) is 2.86. The zero-order valence-electron chi connectivity index (χ0n) is 12.0. The molecule has 0 spiro atoms. The fourth-order valence-electron chi connectivity index (χ4n) is 2.94. The van der Waals surface area contributed by atoms with E-state index in [1.54, 1.807) is 6.07 Å². The third-order valence-electron chi connectivity index (χ3n) is 4.04. The van der Waals surface area contributed by atoms with Crippen LogP contribution in [0.15, 0.2) is 22.7 Å². The number of carbonyl (C=O) groups is 1. The van der Waals surface area contributed by atoms with Gasteiger partial charge >= 0.3 is 0 Å². The van der Waals surface area contributed by atoms with Crippen LogP contribution in [0.2, 0.25) is 0 Å². The number of nitrogens with zero attached hydrogens (tertiary/aromatic N) is 1. The maximum Gasteiger partial charge on any atom is 0.241 e. The van der Waals surface area contributed by atoms with E-state index in [9.17, 15) is 9.18 Å². The number of benzene rings is 1. The number of halogens is 2. The Hall–Kier alpha value is -0.940. The number of hydrogen-bond donors (Lipinski definition) is 1. The van der Waals surface area contributed by atoms with E-state index >= 15 is 0 Å². The molecule has 1 fully saturated rings. The van der Waals surface area contributed by atoms with E-state index in [4.69, 9.17) is 0 Å². The molecule has 3 atom stereocenters. The molecule has 1 saturated heterocycles. The Morgan fingerprint density at radius 2 is 2.00 bits per heavy atom. The topological polar surface area (TPSA) is 32.3 Å². The lowest BCUT2D eigenvalue weighted by Crippen LogP contribution is -2.46. The van der Waals surface area contributed by atoms with Crippen molar-refractivity contribution in [1.29, 1.82) is 0 Å². The summed E-state index contributed by atoms with van der Waals surface area (Å²) in [6.07, 6.45) is 2.25. The van der Waals surface area contributed by atoms with Crippen molar-refractivity contribution in [2.45, 2.75) is 51.7 Å². The van der Waals surface area contributed by atoms with Crippen LogP contribution in [0.4, 0.5) is 10.1 Å². The Bertz CT molecular complexity index is 499. The Labute approximate surface area is 127 Å². The van der Waals surface area contributed by atoms with Gasteiger partial charge in [0.1, 0.15) is 5.82 Å². The minimum absolute atomic E-state index is 0.0575. The SMILES string of the molecule is CC1CCC(C)N1C(C)C(=O)Nc1ccc(F)cc1Br. The molecule has 0 saturated carbocycles. The lowest BCUT2D eigenvalue weighted by Gasteiger charge is -2.31. The summed E-state index contributed by atoms with van der Waals surface area (Å²) < 4.78 is 13.6. The smallest absolute Gasteiger partial charge is 0.241 e. The first-order valence-corrected chi connectivity index (χ1v) is 7.72. The molecule has 1 N–H and O–H groups in total. The van der Waals surface area contributed by atoms with Crippen LogP contribution in [0, 0.1) is 5.82 Å². The average Bonchev–Trinajstić information content (AvgIpc) is 2.71. The normalized spacial score (nSPS) is 24.6. The number of carbonyl (C=O) groups excluding carboxylic acids is 1. The third-order valence-corrected chi connectivity index (χ3v) is 4.69. The fraction of sp³-hybridized carbons (Fsp3) is 0.533. The Balaban J connectivity index is 2.07. The summed E-state index contributed by atoms with van der Waals surface area (Å²) in [5.41, 5.74) is 0.600. The van der Waals surface area contributed by atoms with E-state index in [0.717, 1.165) is 12.8 Å². The predicted octanol–water partition coefficient (Wildman–Crippen LogP) is 3.79. The molecule has 1 amide bonds. The van der Waals surface area contributed by atoms with Crippen LogP contribution in [0.3, 0.4) is 0 Å². The molecule has 2 rings (SSSR count). The largest absolute Gasteiger partial charge is 0.324 e. The molecule has 1 aromatic rings. The molecule has 5 heteroatoms. The number of anilines is 1. The molecule has 1 heterocycles. The Morgan fingerprint density at radius 1 is 1.40 bits per heavy atom. The van der Waals surface area contributed by atoms with Gasteiger partial charge in [0.15, 0.2) is 0 Å². The molecule has 0 bridgehead atoms. The molecule has 3 unspecified atom stereocenters. The van der Waals surface area contributed by atoms with E-state index < -0.39 is 0 Å². The number of likely N-dealkylation sites (tertiary alicyclic amines) is 1. The molecule has 1 aliphatic rings. The van der Waals surface area contributed by atoms with E-state index in [-0.39, 0.29) is 17.8 Å². The second kappa shape index (κ2) is 6.22. The molecular formula is C15H20BrFN2O. The van der Waals surface area contributed by atoms with Crippen molar-refractivity contribution in [3.8, 4) is 0 Å². The van der Waals surface area contributed by atoms with E-state index in [1.165, 1.54) is 12.1 Å². The standard InChI is InChI=1S/C15H20BrFN2O/c1-9-4-5-10(2)19(9)11(3)15(20)18-14-7-6-12(17)8-13(14)16/h6-11H,4-5H2,1-3H3,(H,18,20). The van der Waals surface area contributed by atoms with Gasteiger partial charge in [-0.2, -0.15) is 0 Å². The van der Waals surface area contributed by atoms with E-state index in [0.29, 0.717) is 22.2 Å². The van der Waals surface area contributed by atoms with Gasteiger partial charge in [0, 0.05) is 16.6 Å². The van der Waals surface area contributed by atoms with Crippen LogP contribution in [0.5, 0.6) is 0 Å². The summed E-state index contributed by atoms with van der Waals surface area (Å²) in [6.45, 7) is 6.23. The molecule has 0 radical (unpaired) electrons. The quantitative estimate of drug-likeness (QED) is 0.906. The molecule has 1 aliphatic heterocycles. The summed E-state index contributed by atoms with van der Waals surface area (Å²) in [6, 6.07) is 4.90. The number of nitrogens with one attached hydrogen (secondary N) is 1. The molecule has 20 heavy (non-hydrogen) atoms. The van der Waals surface area contributed by atoms with E-state index in [2.05, 4.69) is 40.0 Å². The summed E-state index contributed by atoms with van der Waals surface area (Å²) in [5.74, 6) is -0.386. The highest BCUT2D eigenvalue weighted by molar-refractivity contribution is 9.10. The zero-order chi connectivity index (χ0) is 14.9. The number of rotatable bonds is 3. The van der Waals surface area contributed by atoms with Gasteiger partial charge in [-0.05, 0) is 67.7 Å². The second-order valence-corrected chi connectivity index (χ2v) is 6.37. The summed E-state index contributed by atoms with van der Waals surface area (Å²) in [7, 11) is 0. The van der Waals surface area contributed by atoms with Crippen molar-refractivity contribution in [2.75, 3.05) is 5.32 Å². The minimum Gasteiger partial charge on any atom is -0.324 e. The molecule has 0 aliphatic carbocycles. The van der Waals surface area contributed by atoms with Gasteiger partial charge in [0.05, 0.1) is 11.7 Å². The first-order valence-electron chi connectivity index (χ1n) is 6.93. The predicted molar refractivity (Wildman–Crippen MR) is 82.2 cm³/mol. The zero-order valence-corrected chi connectivity index (χ0v) is 13.6. The summed E-state index contributed by atoms with van der Waals surface area (Å²) in [4.78, 5) is 14.6. The third kappa shape index (κ3) is 3.20. The van der Waals surface area contributed by atoms with Gasteiger partial charge in [0.2, 0.25) is 5.91 Å². The summed E-state index contributed by atoms with van der Waals surface area (Å²) >= 11 is 3.26. The maximum atomic E-state index is 13.0. The first kappa shape index (κ1) is 15.4. The van der Waals surface area contributed by atoms with Gasteiger partial charge < -0.3 is 5.32 Å².